The average molecular weight is 327 g/mol. The number of aryl methyl sites for hydroxylation is 1. The van der Waals surface area contributed by atoms with E-state index in [-0.39, 0.29) is 6.61 Å². The van der Waals surface area contributed by atoms with Gasteiger partial charge in [0, 0.05) is 5.69 Å². The number of rotatable bonds is 3. The van der Waals surface area contributed by atoms with Crippen LogP contribution in [0.15, 0.2) is 36.4 Å². The van der Waals surface area contributed by atoms with Gasteiger partial charge in [0.2, 0.25) is 0 Å². The highest BCUT2D eigenvalue weighted by molar-refractivity contribution is 6.05. The van der Waals surface area contributed by atoms with Gasteiger partial charge in [-0.15, -0.1) is 0 Å². The van der Waals surface area contributed by atoms with E-state index in [1.54, 1.807) is 19.1 Å². The summed E-state index contributed by atoms with van der Waals surface area (Å²) in [5.74, 6) is -2.61. The van der Waals surface area contributed by atoms with Crippen molar-refractivity contribution in [1.82, 2.24) is 0 Å². The molecular weight excluding hydrogens is 314 g/mol. The Bertz CT molecular complexity index is 741. The Kier molecular flexibility index (Phi) is 4.70. The lowest BCUT2D eigenvalue weighted by Gasteiger charge is -2.13. The molecule has 122 valence electrons. The van der Waals surface area contributed by atoms with Crippen molar-refractivity contribution in [1.29, 1.82) is 0 Å². The molecule has 0 fully saturated rings. The molecule has 0 atom stereocenters. The molecule has 0 saturated heterocycles. The smallest absolute Gasteiger partial charge is 0.392 e. The molecular formula is C16H13F4NO2. The third-order valence-corrected chi connectivity index (χ3v) is 3.28. The van der Waals surface area contributed by atoms with Gasteiger partial charge in [0.05, 0.1) is 17.7 Å². The fourth-order valence-corrected chi connectivity index (χ4v) is 2.02. The first kappa shape index (κ1) is 17.0. The molecule has 23 heavy (non-hydrogen) atoms. The zero-order valence-electron chi connectivity index (χ0n) is 12.0. The summed E-state index contributed by atoms with van der Waals surface area (Å²) in [5.41, 5.74) is -0.767. The third-order valence-electron chi connectivity index (χ3n) is 3.28. The van der Waals surface area contributed by atoms with Gasteiger partial charge in [0.1, 0.15) is 5.82 Å². The molecule has 2 aromatic rings. The Hall–Kier alpha value is -2.41. The van der Waals surface area contributed by atoms with Crippen molar-refractivity contribution in [2.75, 3.05) is 5.32 Å². The summed E-state index contributed by atoms with van der Waals surface area (Å²) in [4.78, 5) is 12.1. The Labute approximate surface area is 129 Å². The van der Waals surface area contributed by atoms with E-state index in [4.69, 9.17) is 5.11 Å². The van der Waals surface area contributed by atoms with Gasteiger partial charge in [-0.3, -0.25) is 4.79 Å². The minimum atomic E-state index is -4.88. The molecule has 2 rings (SSSR count). The van der Waals surface area contributed by atoms with Crippen LogP contribution >= 0.6 is 0 Å². The van der Waals surface area contributed by atoms with E-state index in [0.717, 1.165) is 12.1 Å². The van der Waals surface area contributed by atoms with Crippen molar-refractivity contribution in [3.8, 4) is 0 Å². The molecule has 0 aliphatic heterocycles. The quantitative estimate of drug-likeness (QED) is 0.840. The number of hydrogen-bond donors (Lipinski definition) is 2. The van der Waals surface area contributed by atoms with E-state index in [9.17, 15) is 22.4 Å². The first-order valence-electron chi connectivity index (χ1n) is 6.61. The van der Waals surface area contributed by atoms with Crippen LogP contribution in [0.1, 0.15) is 27.0 Å². The summed E-state index contributed by atoms with van der Waals surface area (Å²) in [6.07, 6.45) is -4.88. The van der Waals surface area contributed by atoms with Crippen LogP contribution in [0.3, 0.4) is 0 Å². The highest BCUT2D eigenvalue weighted by Gasteiger charge is 2.35. The Balaban J connectivity index is 2.36. The number of hydrogen-bond acceptors (Lipinski definition) is 2. The largest absolute Gasteiger partial charge is 0.419 e. The summed E-state index contributed by atoms with van der Waals surface area (Å²) >= 11 is 0. The summed E-state index contributed by atoms with van der Waals surface area (Å²) in [6, 6.07) is 7.25. The van der Waals surface area contributed by atoms with Crippen LogP contribution in [-0.4, -0.2) is 11.0 Å². The van der Waals surface area contributed by atoms with Crippen molar-refractivity contribution >= 4 is 11.6 Å². The number of amides is 1. The third kappa shape index (κ3) is 3.68. The Morgan fingerprint density at radius 2 is 1.91 bits per heavy atom. The maximum absolute atomic E-state index is 13.9. The molecule has 0 unspecified atom stereocenters. The number of aliphatic hydroxyl groups excluding tert-OH is 1. The molecule has 7 heteroatoms. The van der Waals surface area contributed by atoms with Gasteiger partial charge in [0.15, 0.2) is 0 Å². The maximum Gasteiger partial charge on any atom is 0.419 e. The second-order valence-corrected chi connectivity index (χ2v) is 4.93. The zero-order chi connectivity index (χ0) is 17.2. The molecule has 0 aromatic heterocycles. The molecule has 0 spiro atoms. The van der Waals surface area contributed by atoms with Gasteiger partial charge in [-0.1, -0.05) is 18.2 Å². The number of aliphatic hydroxyl groups is 1. The molecule has 0 bridgehead atoms. The molecule has 0 aliphatic rings. The van der Waals surface area contributed by atoms with Gasteiger partial charge < -0.3 is 10.4 Å². The van der Waals surface area contributed by atoms with E-state index < -0.39 is 29.0 Å². The van der Waals surface area contributed by atoms with Crippen molar-refractivity contribution < 1.29 is 27.5 Å². The van der Waals surface area contributed by atoms with E-state index in [1.165, 1.54) is 6.07 Å². The van der Waals surface area contributed by atoms with Crippen LogP contribution in [0.4, 0.5) is 23.2 Å². The van der Waals surface area contributed by atoms with Gasteiger partial charge in [-0.25, -0.2) is 4.39 Å². The fraction of sp³-hybridized carbons (Fsp3) is 0.188. The number of halogens is 4. The summed E-state index contributed by atoms with van der Waals surface area (Å²) in [5, 5.41) is 11.4. The molecule has 3 nitrogen and oxygen atoms in total. The second-order valence-electron chi connectivity index (χ2n) is 4.93. The Morgan fingerprint density at radius 1 is 1.22 bits per heavy atom. The minimum Gasteiger partial charge on any atom is -0.392 e. The first-order chi connectivity index (χ1) is 10.7. The van der Waals surface area contributed by atoms with E-state index in [0.29, 0.717) is 22.9 Å². The number of carbonyl (C=O) groups is 1. The van der Waals surface area contributed by atoms with Crippen LogP contribution in [0.25, 0.3) is 0 Å². The molecule has 1 amide bonds. The van der Waals surface area contributed by atoms with Crippen LogP contribution < -0.4 is 5.32 Å². The van der Waals surface area contributed by atoms with Gasteiger partial charge in [0.25, 0.3) is 5.91 Å². The van der Waals surface area contributed by atoms with E-state index in [2.05, 4.69) is 5.32 Å². The minimum absolute atomic E-state index is 0.263. The molecule has 2 N–H and O–H groups in total. The summed E-state index contributed by atoms with van der Waals surface area (Å²) < 4.78 is 52.0. The van der Waals surface area contributed by atoms with E-state index >= 15 is 0 Å². The van der Waals surface area contributed by atoms with Crippen molar-refractivity contribution in [2.24, 2.45) is 0 Å². The van der Waals surface area contributed by atoms with Crippen LogP contribution in [0, 0.1) is 12.7 Å². The monoisotopic (exact) mass is 327 g/mol. The van der Waals surface area contributed by atoms with Crippen molar-refractivity contribution in [3.63, 3.8) is 0 Å². The zero-order valence-corrected chi connectivity index (χ0v) is 12.0. The van der Waals surface area contributed by atoms with Gasteiger partial charge in [-0.2, -0.15) is 13.2 Å². The lowest BCUT2D eigenvalue weighted by atomic mass is 10.1. The fourth-order valence-electron chi connectivity index (χ4n) is 2.02. The predicted molar refractivity (Wildman–Crippen MR) is 76.5 cm³/mol. The lowest BCUT2D eigenvalue weighted by molar-refractivity contribution is -0.140. The molecule has 0 heterocycles. The maximum atomic E-state index is 13.9. The number of benzene rings is 2. The SMILES string of the molecule is Cc1ccc(CO)cc1NC(=O)c1cccc(C(F)(F)F)c1F. The van der Waals surface area contributed by atoms with Crippen LogP contribution in [0.5, 0.6) is 0 Å². The highest BCUT2D eigenvalue weighted by Crippen LogP contribution is 2.32. The van der Waals surface area contributed by atoms with E-state index in [1.807, 2.05) is 0 Å². The standard InChI is InChI=1S/C16H13F4NO2/c1-9-5-6-10(8-22)7-13(9)21-15(23)11-3-2-4-12(14(11)17)16(18,19)20/h2-7,22H,8H2,1H3,(H,21,23). The second kappa shape index (κ2) is 6.37. The lowest BCUT2D eigenvalue weighted by Crippen LogP contribution is -2.18. The first-order valence-corrected chi connectivity index (χ1v) is 6.61. The topological polar surface area (TPSA) is 49.3 Å². The number of alkyl halides is 3. The van der Waals surface area contributed by atoms with Crippen molar-refractivity contribution in [2.45, 2.75) is 19.7 Å². The normalized spacial score (nSPS) is 11.4. The number of carbonyl (C=O) groups excluding carboxylic acids is 1. The van der Waals surface area contributed by atoms with Crippen LogP contribution in [-0.2, 0) is 12.8 Å². The summed E-state index contributed by atoms with van der Waals surface area (Å²) in [7, 11) is 0. The van der Waals surface area contributed by atoms with Crippen LogP contribution in [0.2, 0.25) is 0 Å². The van der Waals surface area contributed by atoms with Gasteiger partial charge >= 0.3 is 6.18 Å². The molecule has 0 saturated carbocycles. The predicted octanol–water partition coefficient (Wildman–Crippen LogP) is 3.90. The average Bonchev–Trinajstić information content (AvgIpc) is 2.48. The number of nitrogens with one attached hydrogen (secondary N) is 1. The molecule has 0 aliphatic carbocycles. The molecule has 0 radical (unpaired) electrons. The summed E-state index contributed by atoms with van der Waals surface area (Å²) in [6.45, 7) is 1.40. The number of anilines is 1. The van der Waals surface area contributed by atoms with Crippen molar-refractivity contribution in [3.05, 3.63) is 64.5 Å². The van der Waals surface area contributed by atoms with Gasteiger partial charge in [-0.05, 0) is 36.2 Å². The Morgan fingerprint density at radius 3 is 2.52 bits per heavy atom. The highest BCUT2D eigenvalue weighted by atomic mass is 19.4. The molecule has 2 aromatic carbocycles.